The van der Waals surface area contributed by atoms with Crippen LogP contribution in [0, 0.1) is 13.8 Å². The average Bonchev–Trinajstić information content (AvgIpc) is 2.66. The van der Waals surface area contributed by atoms with Gasteiger partial charge < -0.3 is 4.74 Å². The highest BCUT2D eigenvalue weighted by atomic mass is 32.1. The smallest absolute Gasteiger partial charge is 0.319 e. The van der Waals surface area contributed by atoms with E-state index in [1.807, 2.05) is 20.8 Å². The van der Waals surface area contributed by atoms with Crippen LogP contribution in [0.5, 0.6) is 0 Å². The number of unbranched alkanes of at least 4 members (excludes halogenated alkanes) is 1. The van der Waals surface area contributed by atoms with Gasteiger partial charge in [0.05, 0.1) is 23.9 Å². The third-order valence-electron chi connectivity index (χ3n) is 2.65. The predicted molar refractivity (Wildman–Crippen MR) is 73.9 cm³/mol. The van der Waals surface area contributed by atoms with Gasteiger partial charge >= 0.3 is 5.97 Å². The Labute approximate surface area is 113 Å². The van der Waals surface area contributed by atoms with E-state index in [0.29, 0.717) is 6.61 Å². The zero-order valence-electron chi connectivity index (χ0n) is 11.6. The highest BCUT2D eigenvalue weighted by Gasteiger charge is 2.13. The van der Waals surface area contributed by atoms with Crippen LogP contribution in [-0.2, 0) is 9.53 Å². The maximum atomic E-state index is 11.4. The van der Waals surface area contributed by atoms with Crippen LogP contribution in [0.15, 0.2) is 0 Å². The Balaban J connectivity index is 2.34. The molecule has 0 amide bonds. The van der Waals surface area contributed by atoms with Gasteiger partial charge in [-0.15, -0.1) is 11.3 Å². The zero-order valence-corrected chi connectivity index (χ0v) is 12.4. The predicted octanol–water partition coefficient (Wildman–Crippen LogP) is 2.75. The van der Waals surface area contributed by atoms with E-state index in [9.17, 15) is 4.79 Å². The fraction of sp³-hybridized carbons (Fsp3) is 0.692. The summed E-state index contributed by atoms with van der Waals surface area (Å²) < 4.78 is 5.09. The van der Waals surface area contributed by atoms with Gasteiger partial charge in [-0.25, -0.2) is 4.98 Å². The zero-order chi connectivity index (χ0) is 13.5. The first-order chi connectivity index (χ1) is 8.54. The lowest BCUT2D eigenvalue weighted by Gasteiger charge is -2.12. The standard InChI is InChI=1S/C13H22N2O2S/c1-5-6-7-17-12(16)8-14-9(2)13-10(3)15-11(4)18-13/h9,14H,5-8H2,1-4H3. The number of thiazole rings is 1. The highest BCUT2D eigenvalue weighted by molar-refractivity contribution is 7.11. The monoisotopic (exact) mass is 270 g/mol. The molecule has 1 heterocycles. The van der Waals surface area contributed by atoms with Crippen molar-refractivity contribution in [2.24, 2.45) is 0 Å². The number of rotatable bonds is 7. The summed E-state index contributed by atoms with van der Waals surface area (Å²) >= 11 is 1.67. The molecule has 1 rings (SSSR count). The second-order valence-electron chi connectivity index (χ2n) is 4.36. The van der Waals surface area contributed by atoms with Crippen LogP contribution in [0.3, 0.4) is 0 Å². The van der Waals surface area contributed by atoms with E-state index >= 15 is 0 Å². The second-order valence-corrected chi connectivity index (χ2v) is 5.59. The summed E-state index contributed by atoms with van der Waals surface area (Å²) in [6, 6.07) is 0.134. The summed E-state index contributed by atoms with van der Waals surface area (Å²) in [5.41, 5.74) is 1.04. The van der Waals surface area contributed by atoms with Crippen molar-refractivity contribution in [2.75, 3.05) is 13.2 Å². The molecule has 0 aliphatic rings. The topological polar surface area (TPSA) is 51.2 Å². The van der Waals surface area contributed by atoms with Gasteiger partial charge in [-0.2, -0.15) is 0 Å². The maximum absolute atomic E-state index is 11.4. The Hall–Kier alpha value is -0.940. The second kappa shape index (κ2) is 7.48. The van der Waals surface area contributed by atoms with Gasteiger partial charge in [0.15, 0.2) is 0 Å². The molecular formula is C13H22N2O2S. The van der Waals surface area contributed by atoms with Crippen LogP contribution in [0.1, 0.15) is 48.3 Å². The Morgan fingerprint density at radius 1 is 1.50 bits per heavy atom. The van der Waals surface area contributed by atoms with Gasteiger partial charge in [-0.05, 0) is 27.2 Å². The number of aryl methyl sites for hydroxylation is 2. The SMILES string of the molecule is CCCCOC(=O)CNC(C)c1sc(C)nc1C. The van der Waals surface area contributed by atoms with Crippen LogP contribution >= 0.6 is 11.3 Å². The van der Waals surface area contributed by atoms with E-state index in [2.05, 4.69) is 17.2 Å². The molecule has 4 nitrogen and oxygen atoms in total. The number of aromatic nitrogens is 1. The lowest BCUT2D eigenvalue weighted by Crippen LogP contribution is -2.27. The quantitative estimate of drug-likeness (QED) is 0.611. The molecule has 0 aliphatic heterocycles. The third-order valence-corrected chi connectivity index (χ3v) is 3.90. The van der Waals surface area contributed by atoms with Crippen molar-refractivity contribution in [3.8, 4) is 0 Å². The minimum atomic E-state index is -0.186. The molecule has 0 aromatic carbocycles. The summed E-state index contributed by atoms with van der Waals surface area (Å²) in [4.78, 5) is 17.0. The van der Waals surface area contributed by atoms with E-state index < -0.39 is 0 Å². The van der Waals surface area contributed by atoms with Crippen LogP contribution in [0.25, 0.3) is 0 Å². The van der Waals surface area contributed by atoms with Gasteiger partial charge in [0, 0.05) is 10.9 Å². The first kappa shape index (κ1) is 15.1. The molecule has 18 heavy (non-hydrogen) atoms. The van der Waals surface area contributed by atoms with Gasteiger partial charge in [0.1, 0.15) is 0 Å². The normalized spacial score (nSPS) is 12.4. The molecule has 0 bridgehead atoms. The van der Waals surface area contributed by atoms with Crippen LogP contribution in [0.4, 0.5) is 0 Å². The first-order valence-corrected chi connectivity index (χ1v) is 7.19. The maximum Gasteiger partial charge on any atom is 0.319 e. The molecule has 0 radical (unpaired) electrons. The van der Waals surface area contributed by atoms with Crippen molar-refractivity contribution in [3.05, 3.63) is 15.6 Å². The average molecular weight is 270 g/mol. The van der Waals surface area contributed by atoms with Crippen molar-refractivity contribution in [2.45, 2.75) is 46.6 Å². The number of carbonyl (C=O) groups excluding carboxylic acids is 1. The fourth-order valence-corrected chi connectivity index (χ4v) is 2.61. The first-order valence-electron chi connectivity index (χ1n) is 6.37. The van der Waals surface area contributed by atoms with Gasteiger partial charge in [-0.1, -0.05) is 13.3 Å². The lowest BCUT2D eigenvalue weighted by atomic mass is 10.2. The number of hydrogen-bond acceptors (Lipinski definition) is 5. The molecule has 0 fully saturated rings. The Morgan fingerprint density at radius 2 is 2.22 bits per heavy atom. The van der Waals surface area contributed by atoms with Crippen molar-refractivity contribution in [1.82, 2.24) is 10.3 Å². The van der Waals surface area contributed by atoms with Crippen LogP contribution in [-0.4, -0.2) is 24.1 Å². The number of hydrogen-bond donors (Lipinski definition) is 1. The molecule has 1 N–H and O–H groups in total. The number of carbonyl (C=O) groups is 1. The van der Waals surface area contributed by atoms with Crippen molar-refractivity contribution < 1.29 is 9.53 Å². The Bertz CT molecular complexity index is 390. The van der Waals surface area contributed by atoms with Gasteiger partial charge in [-0.3, -0.25) is 10.1 Å². The molecule has 1 aromatic heterocycles. The number of nitrogens with one attached hydrogen (secondary N) is 1. The largest absolute Gasteiger partial charge is 0.465 e. The Kier molecular flexibility index (Phi) is 6.29. The molecule has 1 unspecified atom stereocenters. The molecule has 5 heteroatoms. The van der Waals surface area contributed by atoms with E-state index in [4.69, 9.17) is 4.74 Å². The fourth-order valence-electron chi connectivity index (χ4n) is 1.66. The lowest BCUT2D eigenvalue weighted by molar-refractivity contribution is -0.142. The number of ether oxygens (including phenoxy) is 1. The van der Waals surface area contributed by atoms with E-state index in [1.165, 1.54) is 4.88 Å². The third kappa shape index (κ3) is 4.74. The molecule has 102 valence electrons. The van der Waals surface area contributed by atoms with Crippen molar-refractivity contribution in [1.29, 1.82) is 0 Å². The van der Waals surface area contributed by atoms with E-state index in [1.54, 1.807) is 11.3 Å². The van der Waals surface area contributed by atoms with Crippen LogP contribution in [0.2, 0.25) is 0 Å². The Morgan fingerprint density at radius 3 is 2.78 bits per heavy atom. The number of esters is 1. The minimum absolute atomic E-state index is 0.134. The molecule has 0 saturated heterocycles. The molecule has 0 saturated carbocycles. The molecular weight excluding hydrogens is 248 g/mol. The molecule has 1 atom stereocenters. The van der Waals surface area contributed by atoms with E-state index in [-0.39, 0.29) is 18.6 Å². The minimum Gasteiger partial charge on any atom is -0.465 e. The summed E-state index contributed by atoms with van der Waals surface area (Å²) in [6.45, 7) is 8.87. The summed E-state index contributed by atoms with van der Waals surface area (Å²) in [5.74, 6) is -0.186. The summed E-state index contributed by atoms with van der Waals surface area (Å²) in [5, 5.41) is 4.23. The highest BCUT2D eigenvalue weighted by Crippen LogP contribution is 2.24. The van der Waals surface area contributed by atoms with Crippen molar-refractivity contribution >= 4 is 17.3 Å². The van der Waals surface area contributed by atoms with E-state index in [0.717, 1.165) is 23.5 Å². The summed E-state index contributed by atoms with van der Waals surface area (Å²) in [7, 11) is 0. The number of nitrogens with zero attached hydrogens (tertiary/aromatic N) is 1. The van der Waals surface area contributed by atoms with Gasteiger partial charge in [0.25, 0.3) is 0 Å². The molecule has 0 spiro atoms. The molecule has 0 aliphatic carbocycles. The van der Waals surface area contributed by atoms with Gasteiger partial charge in [0.2, 0.25) is 0 Å². The summed E-state index contributed by atoms with van der Waals surface area (Å²) in [6.07, 6.45) is 1.96. The van der Waals surface area contributed by atoms with Crippen LogP contribution < -0.4 is 5.32 Å². The van der Waals surface area contributed by atoms with Crippen molar-refractivity contribution in [3.63, 3.8) is 0 Å². The molecule has 1 aromatic rings.